The third-order valence-electron chi connectivity index (χ3n) is 3.18. The lowest BCUT2D eigenvalue weighted by Gasteiger charge is -2.23. The minimum atomic E-state index is -1.65. The van der Waals surface area contributed by atoms with Gasteiger partial charge in [-0.25, -0.2) is 4.79 Å². The summed E-state index contributed by atoms with van der Waals surface area (Å²) in [4.78, 5) is 57.6. The van der Waals surface area contributed by atoms with Crippen molar-refractivity contribution < 1.29 is 39.3 Å². The maximum absolute atomic E-state index is 12.1. The van der Waals surface area contributed by atoms with Crippen LogP contribution in [0.4, 0.5) is 0 Å². The molecule has 4 amide bonds. The van der Waals surface area contributed by atoms with Crippen molar-refractivity contribution in [3.63, 3.8) is 0 Å². The second kappa shape index (κ2) is 12.1. The summed E-state index contributed by atoms with van der Waals surface area (Å²) in [5.74, 6) is -5.57. The number of carboxylic acid groups (broad SMARTS) is 1. The molecule has 14 heteroatoms. The van der Waals surface area contributed by atoms with Crippen LogP contribution in [0.15, 0.2) is 0 Å². The van der Waals surface area contributed by atoms with Gasteiger partial charge in [-0.1, -0.05) is 0 Å². The molecule has 0 saturated carbocycles. The Morgan fingerprint density at radius 1 is 0.852 bits per heavy atom. The van der Waals surface area contributed by atoms with Gasteiger partial charge in [0, 0.05) is 5.75 Å². The van der Waals surface area contributed by atoms with Crippen LogP contribution in [0.25, 0.3) is 0 Å². The molecule has 0 heterocycles. The Kier molecular flexibility index (Phi) is 11.0. The molecule has 0 bridgehead atoms. The normalized spacial score (nSPS) is 15.0. The van der Waals surface area contributed by atoms with E-state index >= 15 is 0 Å². The maximum Gasteiger partial charge on any atom is 0.326 e. The fraction of sp³-hybridized carbons (Fsp3) is 0.615. The van der Waals surface area contributed by atoms with Gasteiger partial charge < -0.3 is 42.7 Å². The first kappa shape index (κ1) is 24.6. The summed E-state index contributed by atoms with van der Waals surface area (Å²) >= 11 is 3.88. The second-order valence-electron chi connectivity index (χ2n) is 5.35. The van der Waals surface area contributed by atoms with Gasteiger partial charge >= 0.3 is 5.97 Å². The minimum absolute atomic E-state index is 0.199. The van der Waals surface area contributed by atoms with Crippen LogP contribution in [-0.4, -0.2) is 88.1 Å². The topological polar surface area (TPSA) is 234 Å². The number of amides is 4. The zero-order chi connectivity index (χ0) is 21.1. The summed E-state index contributed by atoms with van der Waals surface area (Å²) < 4.78 is 0. The number of thiol groups is 1. The predicted molar refractivity (Wildman–Crippen MR) is 93.2 cm³/mol. The number of carboxylic acids is 1. The van der Waals surface area contributed by atoms with Gasteiger partial charge in [-0.2, -0.15) is 12.6 Å². The van der Waals surface area contributed by atoms with Crippen molar-refractivity contribution in [3.05, 3.63) is 0 Å². The van der Waals surface area contributed by atoms with Gasteiger partial charge in [0.15, 0.2) is 0 Å². The van der Waals surface area contributed by atoms with E-state index in [1.165, 1.54) is 0 Å². The number of aliphatic hydroxyl groups is 2. The molecule has 0 aromatic carbocycles. The summed E-state index contributed by atoms with van der Waals surface area (Å²) in [6.07, 6.45) is -0.693. The molecule has 0 aromatic rings. The molecule has 27 heavy (non-hydrogen) atoms. The van der Waals surface area contributed by atoms with Crippen LogP contribution in [0.1, 0.15) is 6.42 Å². The highest BCUT2D eigenvalue weighted by Crippen LogP contribution is 1.96. The van der Waals surface area contributed by atoms with Crippen LogP contribution in [0.5, 0.6) is 0 Å². The van der Waals surface area contributed by atoms with E-state index in [9.17, 15) is 29.1 Å². The van der Waals surface area contributed by atoms with E-state index in [0.717, 1.165) is 0 Å². The summed E-state index contributed by atoms with van der Waals surface area (Å²) in [6, 6.07) is -5.75. The molecule has 0 aliphatic carbocycles. The number of hydrogen-bond donors (Lipinski definition) is 9. The molecule has 0 aromatic heterocycles. The van der Waals surface area contributed by atoms with E-state index < -0.39 is 73.4 Å². The molecule has 0 radical (unpaired) electrons. The average molecular weight is 409 g/mol. The fourth-order valence-corrected chi connectivity index (χ4v) is 1.95. The first-order valence-corrected chi connectivity index (χ1v) is 8.20. The van der Waals surface area contributed by atoms with Crippen molar-refractivity contribution in [1.82, 2.24) is 16.0 Å². The molecule has 0 saturated heterocycles. The van der Waals surface area contributed by atoms with Gasteiger partial charge in [0.2, 0.25) is 23.6 Å². The molecule has 10 N–H and O–H groups in total. The van der Waals surface area contributed by atoms with Gasteiger partial charge in [-0.15, -0.1) is 0 Å². The van der Waals surface area contributed by atoms with Crippen molar-refractivity contribution in [1.29, 1.82) is 0 Å². The minimum Gasteiger partial charge on any atom is -0.480 e. The number of aliphatic carboxylic acids is 1. The monoisotopic (exact) mass is 409 g/mol. The van der Waals surface area contributed by atoms with Crippen molar-refractivity contribution in [2.45, 2.75) is 30.6 Å². The molecule has 0 spiro atoms. The highest BCUT2D eigenvalue weighted by molar-refractivity contribution is 7.80. The standard InChI is InChI=1S/C13H23N5O8S/c14-5(2-19)10(22)18-8(4-27)12(24)17-7(3-20)11(23)16-6(13(25)26)1-9(15)21/h5-8,19-20,27H,1-4,14H2,(H2,15,21)(H,16,23)(H,17,24)(H,18,22)(H,25,26). The number of primary amides is 1. The molecule has 0 rings (SSSR count). The Morgan fingerprint density at radius 3 is 1.74 bits per heavy atom. The zero-order valence-corrected chi connectivity index (χ0v) is 15.0. The van der Waals surface area contributed by atoms with Crippen LogP contribution in [-0.2, 0) is 24.0 Å². The average Bonchev–Trinajstić information content (AvgIpc) is 2.61. The van der Waals surface area contributed by atoms with Gasteiger partial charge in [-0.05, 0) is 0 Å². The maximum atomic E-state index is 12.1. The van der Waals surface area contributed by atoms with Crippen LogP contribution in [0, 0.1) is 0 Å². The molecule has 0 aliphatic rings. The van der Waals surface area contributed by atoms with E-state index in [4.69, 9.17) is 21.7 Å². The summed E-state index contributed by atoms with van der Waals surface area (Å²) in [5, 5.41) is 33.3. The van der Waals surface area contributed by atoms with E-state index in [0.29, 0.717) is 0 Å². The van der Waals surface area contributed by atoms with E-state index in [1.54, 1.807) is 0 Å². The lowest BCUT2D eigenvalue weighted by molar-refractivity contribution is -0.144. The fourth-order valence-electron chi connectivity index (χ4n) is 1.70. The zero-order valence-electron chi connectivity index (χ0n) is 14.1. The van der Waals surface area contributed by atoms with Crippen molar-refractivity contribution in [2.24, 2.45) is 11.5 Å². The highest BCUT2D eigenvalue weighted by atomic mass is 32.1. The third kappa shape index (κ3) is 8.67. The third-order valence-corrected chi connectivity index (χ3v) is 3.55. The smallest absolute Gasteiger partial charge is 0.326 e. The van der Waals surface area contributed by atoms with Gasteiger partial charge in [0.05, 0.1) is 19.6 Å². The Balaban J connectivity index is 4.98. The van der Waals surface area contributed by atoms with E-state index in [2.05, 4.69) is 23.3 Å². The molecule has 13 nitrogen and oxygen atoms in total. The van der Waals surface area contributed by atoms with Gasteiger partial charge in [0.1, 0.15) is 24.2 Å². The number of carbonyl (C=O) groups is 5. The SMILES string of the molecule is NC(=O)CC(NC(=O)C(CO)NC(=O)C(CS)NC(=O)C(N)CO)C(=O)O. The number of hydrogen-bond acceptors (Lipinski definition) is 9. The van der Waals surface area contributed by atoms with Crippen molar-refractivity contribution in [3.8, 4) is 0 Å². The molecule has 4 atom stereocenters. The van der Waals surface area contributed by atoms with Gasteiger partial charge in [0.25, 0.3) is 0 Å². The Morgan fingerprint density at radius 2 is 1.33 bits per heavy atom. The van der Waals surface area contributed by atoms with Crippen molar-refractivity contribution in [2.75, 3.05) is 19.0 Å². The molecular formula is C13H23N5O8S. The Bertz CT molecular complexity index is 575. The lowest BCUT2D eigenvalue weighted by atomic mass is 10.1. The lowest BCUT2D eigenvalue weighted by Crippen LogP contribution is -2.59. The van der Waals surface area contributed by atoms with E-state index in [1.807, 2.05) is 5.32 Å². The van der Waals surface area contributed by atoms with Crippen LogP contribution in [0.3, 0.4) is 0 Å². The molecule has 4 unspecified atom stereocenters. The Hall–Kier alpha value is -2.42. The van der Waals surface area contributed by atoms with Crippen LogP contribution < -0.4 is 27.4 Å². The molecule has 0 aliphatic heterocycles. The van der Waals surface area contributed by atoms with Crippen LogP contribution in [0.2, 0.25) is 0 Å². The number of nitrogens with one attached hydrogen (secondary N) is 3. The quantitative estimate of drug-likeness (QED) is 0.140. The molecular weight excluding hydrogens is 386 g/mol. The summed E-state index contributed by atoms with van der Waals surface area (Å²) in [7, 11) is 0. The number of nitrogens with two attached hydrogens (primary N) is 2. The molecule has 154 valence electrons. The second-order valence-corrected chi connectivity index (χ2v) is 5.71. The summed E-state index contributed by atoms with van der Waals surface area (Å²) in [6.45, 7) is -1.56. The predicted octanol–water partition coefficient (Wildman–Crippen LogP) is -5.36. The number of carbonyl (C=O) groups excluding carboxylic acids is 4. The van der Waals surface area contributed by atoms with Gasteiger partial charge in [-0.3, -0.25) is 19.2 Å². The Labute approximate surface area is 159 Å². The molecule has 0 fully saturated rings. The first-order valence-electron chi connectivity index (χ1n) is 7.57. The highest BCUT2D eigenvalue weighted by Gasteiger charge is 2.30. The van der Waals surface area contributed by atoms with E-state index in [-0.39, 0.29) is 5.75 Å². The first-order chi connectivity index (χ1) is 12.6. The van der Waals surface area contributed by atoms with Crippen LogP contribution >= 0.6 is 12.6 Å². The number of rotatable bonds is 12. The number of aliphatic hydroxyl groups excluding tert-OH is 2. The largest absolute Gasteiger partial charge is 0.480 e. The van der Waals surface area contributed by atoms with Crippen molar-refractivity contribution >= 4 is 42.2 Å². The summed E-state index contributed by atoms with van der Waals surface area (Å²) in [5.41, 5.74) is 10.2.